The zero-order chi connectivity index (χ0) is 18.4. The number of piperidine rings is 1. The fourth-order valence-corrected chi connectivity index (χ4v) is 3.71. The highest BCUT2D eigenvalue weighted by atomic mass is 35.5. The Morgan fingerprint density at radius 1 is 1.30 bits per heavy atom. The van der Waals surface area contributed by atoms with Crippen molar-refractivity contribution in [3.05, 3.63) is 51.2 Å². The van der Waals surface area contributed by atoms with Crippen molar-refractivity contribution >= 4 is 23.9 Å². The standard InChI is InChI=1S/C19H22FN3O3.ClH/c1-11-7-13(20)9-23-17(11)15(12-4-5-12)8-16(18(23)24)19(25)26-22-6-2-3-14(21)10-22;/h7-9,12,14H,2-6,10,21H2,1H3;1H. The molecule has 6 nitrogen and oxygen atoms in total. The Balaban J connectivity index is 0.00000210. The van der Waals surface area contributed by atoms with Gasteiger partial charge in [0.2, 0.25) is 0 Å². The van der Waals surface area contributed by atoms with E-state index in [1.165, 1.54) is 15.5 Å². The van der Waals surface area contributed by atoms with E-state index in [9.17, 15) is 14.0 Å². The van der Waals surface area contributed by atoms with Gasteiger partial charge in [-0.2, -0.15) is 0 Å². The van der Waals surface area contributed by atoms with Crippen LogP contribution in [0.2, 0.25) is 0 Å². The van der Waals surface area contributed by atoms with Gasteiger partial charge in [-0.15, -0.1) is 17.5 Å². The molecule has 1 saturated carbocycles. The molecular formula is C19H23ClFN3O3. The summed E-state index contributed by atoms with van der Waals surface area (Å²) in [6.07, 6.45) is 4.87. The van der Waals surface area contributed by atoms with E-state index in [-0.39, 0.29) is 24.0 Å². The maximum Gasteiger partial charge on any atom is 0.362 e. The van der Waals surface area contributed by atoms with Gasteiger partial charge < -0.3 is 10.6 Å². The van der Waals surface area contributed by atoms with Crippen LogP contribution in [0.5, 0.6) is 0 Å². The van der Waals surface area contributed by atoms with E-state index >= 15 is 0 Å². The van der Waals surface area contributed by atoms with Crippen LogP contribution < -0.4 is 11.3 Å². The summed E-state index contributed by atoms with van der Waals surface area (Å²) in [5.74, 6) is -0.918. The summed E-state index contributed by atoms with van der Waals surface area (Å²) in [4.78, 5) is 30.9. The number of hydrogen-bond donors (Lipinski definition) is 1. The predicted molar refractivity (Wildman–Crippen MR) is 102 cm³/mol. The maximum atomic E-state index is 13.9. The zero-order valence-electron chi connectivity index (χ0n) is 15.1. The molecule has 2 N–H and O–H groups in total. The van der Waals surface area contributed by atoms with Crippen molar-refractivity contribution in [1.29, 1.82) is 0 Å². The molecule has 146 valence electrons. The summed E-state index contributed by atoms with van der Waals surface area (Å²) < 4.78 is 15.1. The lowest BCUT2D eigenvalue weighted by Gasteiger charge is -2.28. The molecular weight excluding hydrogens is 373 g/mol. The quantitative estimate of drug-likeness (QED) is 0.864. The SMILES string of the molecule is Cc1cc(F)cn2c(=O)c(C(=O)ON3CCCC(N)C3)cc(C3CC3)c12.Cl. The largest absolute Gasteiger partial charge is 0.364 e. The predicted octanol–water partition coefficient (Wildman–Crippen LogP) is 2.54. The minimum Gasteiger partial charge on any atom is -0.364 e. The molecule has 0 amide bonds. The van der Waals surface area contributed by atoms with Gasteiger partial charge in [-0.05, 0) is 61.8 Å². The molecule has 27 heavy (non-hydrogen) atoms. The molecule has 2 aromatic rings. The van der Waals surface area contributed by atoms with Gasteiger partial charge in [0.05, 0.1) is 12.1 Å². The molecule has 0 aromatic carbocycles. The highest BCUT2D eigenvalue weighted by molar-refractivity contribution is 5.90. The highest BCUT2D eigenvalue weighted by Gasteiger charge is 2.30. The van der Waals surface area contributed by atoms with Crippen molar-refractivity contribution in [3.63, 3.8) is 0 Å². The number of halogens is 2. The van der Waals surface area contributed by atoms with Gasteiger partial charge in [-0.1, -0.05) is 0 Å². The van der Waals surface area contributed by atoms with Crippen molar-refractivity contribution in [2.75, 3.05) is 13.1 Å². The topological polar surface area (TPSA) is 77.0 Å². The summed E-state index contributed by atoms with van der Waals surface area (Å²) in [6.45, 7) is 2.82. The van der Waals surface area contributed by atoms with Crippen molar-refractivity contribution in [2.45, 2.75) is 44.6 Å². The van der Waals surface area contributed by atoms with Crippen molar-refractivity contribution in [2.24, 2.45) is 5.73 Å². The number of pyridine rings is 2. The smallest absolute Gasteiger partial charge is 0.362 e. The molecule has 0 radical (unpaired) electrons. The number of hydrogen-bond acceptors (Lipinski definition) is 5. The van der Waals surface area contributed by atoms with Gasteiger partial charge in [-0.3, -0.25) is 9.20 Å². The Morgan fingerprint density at radius 3 is 2.70 bits per heavy atom. The van der Waals surface area contributed by atoms with Gasteiger partial charge in [0.1, 0.15) is 11.4 Å². The molecule has 1 atom stereocenters. The minimum absolute atomic E-state index is 0. The lowest BCUT2D eigenvalue weighted by atomic mass is 10.0. The number of carbonyl (C=O) groups excluding carboxylic acids is 1. The average molecular weight is 396 g/mol. The van der Waals surface area contributed by atoms with E-state index in [1.807, 2.05) is 0 Å². The Bertz CT molecular complexity index is 942. The zero-order valence-corrected chi connectivity index (χ0v) is 15.9. The van der Waals surface area contributed by atoms with Crippen LogP contribution >= 0.6 is 12.4 Å². The van der Waals surface area contributed by atoms with Crippen LogP contribution in [-0.2, 0) is 4.84 Å². The average Bonchev–Trinajstić information content (AvgIpc) is 3.40. The van der Waals surface area contributed by atoms with Gasteiger partial charge in [-0.25, -0.2) is 9.18 Å². The van der Waals surface area contributed by atoms with Crippen molar-refractivity contribution in [1.82, 2.24) is 9.46 Å². The Kier molecular flexibility index (Phi) is 5.55. The lowest BCUT2D eigenvalue weighted by molar-refractivity contribution is -0.122. The van der Waals surface area contributed by atoms with Crippen LogP contribution in [0, 0.1) is 12.7 Å². The molecule has 1 aliphatic carbocycles. The number of aromatic nitrogens is 1. The summed E-state index contributed by atoms with van der Waals surface area (Å²) >= 11 is 0. The number of nitrogens with two attached hydrogens (primary N) is 1. The second kappa shape index (κ2) is 7.58. The van der Waals surface area contributed by atoms with Crippen LogP contribution in [0.25, 0.3) is 5.52 Å². The monoisotopic (exact) mass is 395 g/mol. The second-order valence-electron chi connectivity index (χ2n) is 7.32. The molecule has 1 aliphatic heterocycles. The number of rotatable bonds is 3. The van der Waals surface area contributed by atoms with Crippen LogP contribution in [-0.4, -0.2) is 34.6 Å². The molecule has 8 heteroatoms. The first-order valence-electron chi connectivity index (χ1n) is 9.02. The Morgan fingerprint density at radius 2 is 2.04 bits per heavy atom. The number of aryl methyl sites for hydroxylation is 1. The third-order valence-corrected chi connectivity index (χ3v) is 5.11. The molecule has 4 rings (SSSR count). The minimum atomic E-state index is -0.706. The highest BCUT2D eigenvalue weighted by Crippen LogP contribution is 2.42. The van der Waals surface area contributed by atoms with Crippen molar-refractivity contribution < 1.29 is 14.0 Å². The van der Waals surface area contributed by atoms with Crippen LogP contribution in [0.3, 0.4) is 0 Å². The summed E-state index contributed by atoms with van der Waals surface area (Å²) in [6, 6.07) is 2.99. The molecule has 2 fully saturated rings. The van der Waals surface area contributed by atoms with Gasteiger partial charge >= 0.3 is 5.97 Å². The first-order chi connectivity index (χ1) is 12.4. The van der Waals surface area contributed by atoms with Crippen LogP contribution in [0.1, 0.15) is 53.1 Å². The molecule has 2 aliphatic rings. The molecule has 1 unspecified atom stereocenters. The van der Waals surface area contributed by atoms with Gasteiger partial charge in [0, 0.05) is 18.8 Å². The first kappa shape index (κ1) is 19.8. The number of nitrogens with zero attached hydrogens (tertiary/aromatic N) is 2. The van der Waals surface area contributed by atoms with E-state index in [2.05, 4.69) is 0 Å². The van der Waals surface area contributed by atoms with Crippen LogP contribution in [0.15, 0.2) is 23.1 Å². The fraction of sp³-hybridized carbons (Fsp3) is 0.474. The number of fused-ring (bicyclic) bond motifs is 1. The van der Waals surface area contributed by atoms with E-state index in [0.717, 1.165) is 37.4 Å². The molecule has 0 bridgehead atoms. The third kappa shape index (κ3) is 3.85. The number of carbonyl (C=O) groups is 1. The maximum absolute atomic E-state index is 13.9. The Labute approximate surface area is 162 Å². The summed E-state index contributed by atoms with van der Waals surface area (Å²) in [7, 11) is 0. The second-order valence-corrected chi connectivity index (χ2v) is 7.32. The van der Waals surface area contributed by atoms with E-state index < -0.39 is 17.3 Å². The van der Waals surface area contributed by atoms with Crippen molar-refractivity contribution in [3.8, 4) is 0 Å². The molecule has 1 saturated heterocycles. The number of hydroxylamine groups is 2. The van der Waals surface area contributed by atoms with E-state index in [1.54, 1.807) is 13.0 Å². The summed E-state index contributed by atoms with van der Waals surface area (Å²) in [5, 5.41) is 1.51. The fourth-order valence-electron chi connectivity index (χ4n) is 3.71. The summed E-state index contributed by atoms with van der Waals surface area (Å²) in [5.41, 5.74) is 7.57. The third-order valence-electron chi connectivity index (χ3n) is 5.11. The first-order valence-corrected chi connectivity index (χ1v) is 9.02. The molecule has 2 aromatic heterocycles. The molecule has 3 heterocycles. The van der Waals surface area contributed by atoms with Gasteiger partial charge in [0.25, 0.3) is 5.56 Å². The van der Waals surface area contributed by atoms with Gasteiger partial charge in [0.15, 0.2) is 0 Å². The molecule has 0 spiro atoms. The van der Waals surface area contributed by atoms with Crippen LogP contribution in [0.4, 0.5) is 4.39 Å². The lowest BCUT2D eigenvalue weighted by Crippen LogP contribution is -2.44. The van der Waals surface area contributed by atoms with E-state index in [4.69, 9.17) is 10.6 Å². The van der Waals surface area contributed by atoms with E-state index in [0.29, 0.717) is 30.1 Å². The Hall–Kier alpha value is -1.96. The normalized spacial score (nSPS) is 20.3.